The van der Waals surface area contributed by atoms with Crippen LogP contribution in [0.3, 0.4) is 0 Å². The maximum absolute atomic E-state index is 12.1. The first-order valence-electron chi connectivity index (χ1n) is 5.82. The van der Waals surface area contributed by atoms with E-state index in [1.165, 1.54) is 6.33 Å². The second kappa shape index (κ2) is 6.53. The lowest BCUT2D eigenvalue weighted by Gasteiger charge is -2.24. The minimum absolute atomic E-state index is 0.0316. The highest BCUT2D eigenvalue weighted by molar-refractivity contribution is 9.10. The van der Waals surface area contributed by atoms with Crippen LogP contribution in [0.1, 0.15) is 20.8 Å². The Hall–Kier alpha value is -1.37. The maximum atomic E-state index is 12.1. The number of rotatable bonds is 5. The van der Waals surface area contributed by atoms with Gasteiger partial charge in [0.05, 0.1) is 0 Å². The Morgan fingerprint density at radius 1 is 1.50 bits per heavy atom. The van der Waals surface area contributed by atoms with Crippen molar-refractivity contribution >= 4 is 33.5 Å². The molecule has 0 spiro atoms. The standard InChI is InChI=1S/C11H18BrN5O/c1-4-17(5-2)11(18)7(3)16-10-8(12)9(13)14-6-15-10/h6-7H,4-5H2,1-3H3,(H3,13,14,15,16). The molecule has 1 aromatic heterocycles. The minimum atomic E-state index is -0.365. The van der Waals surface area contributed by atoms with E-state index in [4.69, 9.17) is 5.73 Å². The number of hydrogen-bond donors (Lipinski definition) is 2. The first-order valence-corrected chi connectivity index (χ1v) is 6.61. The second-order valence-electron chi connectivity index (χ2n) is 3.80. The first kappa shape index (κ1) is 14.7. The average molecular weight is 316 g/mol. The summed E-state index contributed by atoms with van der Waals surface area (Å²) in [7, 11) is 0. The molecule has 1 aromatic rings. The number of carbonyl (C=O) groups excluding carboxylic acids is 1. The highest BCUT2D eigenvalue weighted by Gasteiger charge is 2.19. The second-order valence-corrected chi connectivity index (χ2v) is 4.59. The van der Waals surface area contributed by atoms with Gasteiger partial charge in [-0.1, -0.05) is 0 Å². The fourth-order valence-electron chi connectivity index (χ4n) is 1.56. The minimum Gasteiger partial charge on any atom is -0.383 e. The number of nitrogens with zero attached hydrogens (tertiary/aromatic N) is 3. The lowest BCUT2D eigenvalue weighted by atomic mass is 10.2. The van der Waals surface area contributed by atoms with Crippen LogP contribution >= 0.6 is 15.9 Å². The van der Waals surface area contributed by atoms with Gasteiger partial charge in [-0.2, -0.15) is 0 Å². The van der Waals surface area contributed by atoms with Crippen LogP contribution in [-0.4, -0.2) is 39.9 Å². The van der Waals surface area contributed by atoms with Crippen molar-refractivity contribution in [1.82, 2.24) is 14.9 Å². The Bertz CT molecular complexity index is 422. The summed E-state index contributed by atoms with van der Waals surface area (Å²) in [5.41, 5.74) is 5.65. The quantitative estimate of drug-likeness (QED) is 0.860. The number of nitrogens with one attached hydrogen (secondary N) is 1. The van der Waals surface area contributed by atoms with Gasteiger partial charge in [0, 0.05) is 13.1 Å². The summed E-state index contributed by atoms with van der Waals surface area (Å²) in [5.74, 6) is 0.898. The van der Waals surface area contributed by atoms with Crippen LogP contribution in [0, 0.1) is 0 Å². The Morgan fingerprint density at radius 2 is 2.11 bits per heavy atom. The molecule has 6 nitrogen and oxygen atoms in total. The predicted octanol–water partition coefficient (Wildman–Crippen LogP) is 1.49. The molecule has 7 heteroatoms. The number of nitrogens with two attached hydrogens (primary N) is 1. The maximum Gasteiger partial charge on any atom is 0.244 e. The van der Waals surface area contributed by atoms with Crippen LogP contribution in [-0.2, 0) is 4.79 Å². The van der Waals surface area contributed by atoms with Gasteiger partial charge in [-0.15, -0.1) is 0 Å². The van der Waals surface area contributed by atoms with Crippen molar-refractivity contribution in [2.24, 2.45) is 0 Å². The SMILES string of the molecule is CCN(CC)C(=O)C(C)Nc1ncnc(N)c1Br. The molecule has 18 heavy (non-hydrogen) atoms. The summed E-state index contributed by atoms with van der Waals surface area (Å²) in [6.07, 6.45) is 1.36. The summed E-state index contributed by atoms with van der Waals surface area (Å²) in [5, 5.41) is 3.03. The van der Waals surface area contributed by atoms with E-state index in [0.29, 0.717) is 29.2 Å². The van der Waals surface area contributed by atoms with Crippen molar-refractivity contribution in [3.05, 3.63) is 10.8 Å². The molecule has 0 bridgehead atoms. The van der Waals surface area contributed by atoms with Crippen molar-refractivity contribution in [3.63, 3.8) is 0 Å². The summed E-state index contributed by atoms with van der Waals surface area (Å²) in [4.78, 5) is 21.7. The molecule has 1 atom stereocenters. The molecule has 1 rings (SSSR count). The van der Waals surface area contributed by atoms with Gasteiger partial charge in [0.2, 0.25) is 5.91 Å². The van der Waals surface area contributed by atoms with E-state index < -0.39 is 0 Å². The molecule has 0 aliphatic rings. The summed E-state index contributed by atoms with van der Waals surface area (Å²) >= 11 is 3.29. The fraction of sp³-hybridized carbons (Fsp3) is 0.545. The molecule has 0 aromatic carbocycles. The van der Waals surface area contributed by atoms with E-state index in [0.717, 1.165) is 0 Å². The number of amides is 1. The number of carbonyl (C=O) groups is 1. The lowest BCUT2D eigenvalue weighted by molar-refractivity contribution is -0.131. The molecule has 0 saturated carbocycles. The zero-order valence-corrected chi connectivity index (χ0v) is 12.4. The molecule has 1 amide bonds. The molecule has 0 fully saturated rings. The van der Waals surface area contributed by atoms with E-state index in [2.05, 4.69) is 31.2 Å². The number of nitrogen functional groups attached to an aromatic ring is 1. The molecule has 0 aliphatic carbocycles. The van der Waals surface area contributed by atoms with Crippen molar-refractivity contribution in [1.29, 1.82) is 0 Å². The third kappa shape index (κ3) is 3.32. The van der Waals surface area contributed by atoms with Gasteiger partial charge in [0.1, 0.15) is 28.5 Å². The van der Waals surface area contributed by atoms with E-state index in [1.54, 1.807) is 11.8 Å². The molecular formula is C11H18BrN5O. The van der Waals surface area contributed by atoms with Crippen LogP contribution in [0.15, 0.2) is 10.8 Å². The van der Waals surface area contributed by atoms with E-state index >= 15 is 0 Å². The van der Waals surface area contributed by atoms with Gasteiger partial charge in [-0.05, 0) is 36.7 Å². The zero-order valence-electron chi connectivity index (χ0n) is 10.8. The Morgan fingerprint density at radius 3 is 2.67 bits per heavy atom. The Kier molecular flexibility index (Phi) is 5.33. The molecule has 1 unspecified atom stereocenters. The third-order valence-electron chi connectivity index (χ3n) is 2.62. The van der Waals surface area contributed by atoms with Gasteiger partial charge in [0.25, 0.3) is 0 Å². The molecule has 1 heterocycles. The van der Waals surface area contributed by atoms with Crippen LogP contribution in [0.5, 0.6) is 0 Å². The predicted molar refractivity (Wildman–Crippen MR) is 75.2 cm³/mol. The summed E-state index contributed by atoms with van der Waals surface area (Å²) < 4.78 is 0.573. The molecular weight excluding hydrogens is 298 g/mol. The van der Waals surface area contributed by atoms with E-state index in [1.807, 2.05) is 13.8 Å². The van der Waals surface area contributed by atoms with Gasteiger partial charge in [-0.25, -0.2) is 9.97 Å². The molecule has 0 radical (unpaired) electrons. The highest BCUT2D eigenvalue weighted by Crippen LogP contribution is 2.24. The van der Waals surface area contributed by atoms with Crippen LogP contribution < -0.4 is 11.1 Å². The monoisotopic (exact) mass is 315 g/mol. The van der Waals surface area contributed by atoms with Gasteiger partial charge >= 0.3 is 0 Å². The van der Waals surface area contributed by atoms with Crippen molar-refractivity contribution in [2.45, 2.75) is 26.8 Å². The molecule has 0 aliphatic heterocycles. The average Bonchev–Trinajstić information content (AvgIpc) is 2.36. The van der Waals surface area contributed by atoms with Gasteiger partial charge in [-0.3, -0.25) is 4.79 Å². The lowest BCUT2D eigenvalue weighted by Crippen LogP contribution is -2.41. The largest absolute Gasteiger partial charge is 0.383 e. The molecule has 0 saturated heterocycles. The topological polar surface area (TPSA) is 84.1 Å². The van der Waals surface area contributed by atoms with Crippen LogP contribution in [0.4, 0.5) is 11.6 Å². The van der Waals surface area contributed by atoms with Crippen LogP contribution in [0.2, 0.25) is 0 Å². The van der Waals surface area contributed by atoms with Gasteiger partial charge in [0.15, 0.2) is 0 Å². The van der Waals surface area contributed by atoms with Gasteiger partial charge < -0.3 is 16.0 Å². The van der Waals surface area contributed by atoms with Crippen LogP contribution in [0.25, 0.3) is 0 Å². The van der Waals surface area contributed by atoms with Crippen molar-refractivity contribution < 1.29 is 4.79 Å². The summed E-state index contributed by atoms with van der Waals surface area (Å²) in [6, 6.07) is -0.365. The summed E-state index contributed by atoms with van der Waals surface area (Å²) in [6.45, 7) is 7.08. The van der Waals surface area contributed by atoms with Crippen molar-refractivity contribution in [3.8, 4) is 0 Å². The third-order valence-corrected chi connectivity index (χ3v) is 3.40. The molecule has 100 valence electrons. The van der Waals surface area contributed by atoms with E-state index in [9.17, 15) is 4.79 Å². The highest BCUT2D eigenvalue weighted by atomic mass is 79.9. The fourth-order valence-corrected chi connectivity index (χ4v) is 1.88. The van der Waals surface area contributed by atoms with Crippen molar-refractivity contribution in [2.75, 3.05) is 24.1 Å². The number of anilines is 2. The number of hydrogen-bond acceptors (Lipinski definition) is 5. The molecule has 3 N–H and O–H groups in total. The number of halogens is 1. The Balaban J connectivity index is 2.78. The smallest absolute Gasteiger partial charge is 0.244 e. The Labute approximate surface area is 115 Å². The number of aromatic nitrogens is 2. The normalized spacial score (nSPS) is 12.0. The zero-order chi connectivity index (χ0) is 13.7. The first-order chi connectivity index (χ1) is 8.51. The number of likely N-dealkylation sites (N-methyl/N-ethyl adjacent to an activating group) is 1. The van der Waals surface area contributed by atoms with E-state index in [-0.39, 0.29) is 11.9 Å².